The zero-order chi connectivity index (χ0) is 12.7. The number of aliphatic hydroxyl groups is 1. The van der Waals surface area contributed by atoms with Crippen molar-refractivity contribution in [3.05, 3.63) is 24.3 Å². The van der Waals surface area contributed by atoms with Crippen LogP contribution in [0.1, 0.15) is 0 Å². The molecule has 94 valence electrons. The minimum atomic E-state index is -1.18. The van der Waals surface area contributed by atoms with Crippen molar-refractivity contribution in [1.82, 2.24) is 5.32 Å². The second kappa shape index (κ2) is 6.59. The van der Waals surface area contributed by atoms with Crippen LogP contribution in [0.25, 0.3) is 0 Å². The van der Waals surface area contributed by atoms with Crippen molar-refractivity contribution < 1.29 is 24.5 Å². The predicted molar refractivity (Wildman–Crippen MR) is 60.5 cm³/mol. The van der Waals surface area contributed by atoms with Gasteiger partial charge in [0.15, 0.2) is 11.5 Å². The van der Waals surface area contributed by atoms with E-state index in [2.05, 4.69) is 5.32 Å². The van der Waals surface area contributed by atoms with E-state index >= 15 is 0 Å². The highest BCUT2D eigenvalue weighted by atomic mass is 16.5. The average molecular weight is 241 g/mol. The van der Waals surface area contributed by atoms with E-state index in [1.54, 1.807) is 24.3 Å². The smallest absolute Gasteiger partial charge is 0.404 e. The molecule has 0 aliphatic heterocycles. The summed E-state index contributed by atoms with van der Waals surface area (Å²) in [6.45, 7) is -0.0921. The van der Waals surface area contributed by atoms with Gasteiger partial charge in [0.25, 0.3) is 0 Å². The summed E-state index contributed by atoms with van der Waals surface area (Å²) in [5.41, 5.74) is 0. The Hall–Kier alpha value is -1.95. The third kappa shape index (κ3) is 4.60. The molecule has 3 N–H and O–H groups in total. The van der Waals surface area contributed by atoms with Crippen molar-refractivity contribution >= 4 is 6.09 Å². The molecule has 1 amide bonds. The van der Waals surface area contributed by atoms with E-state index in [4.69, 9.17) is 14.6 Å². The van der Waals surface area contributed by atoms with Crippen molar-refractivity contribution in [3.63, 3.8) is 0 Å². The highest BCUT2D eigenvalue weighted by Crippen LogP contribution is 2.25. The summed E-state index contributed by atoms with van der Waals surface area (Å²) in [7, 11) is 1.52. The molecule has 1 atom stereocenters. The molecule has 1 aromatic carbocycles. The summed E-state index contributed by atoms with van der Waals surface area (Å²) >= 11 is 0. The number of amides is 1. The van der Waals surface area contributed by atoms with E-state index in [0.29, 0.717) is 11.5 Å². The van der Waals surface area contributed by atoms with Crippen molar-refractivity contribution in [2.24, 2.45) is 0 Å². The third-order valence-corrected chi connectivity index (χ3v) is 1.99. The van der Waals surface area contributed by atoms with Crippen LogP contribution < -0.4 is 14.8 Å². The Bertz CT molecular complexity index is 369. The summed E-state index contributed by atoms with van der Waals surface area (Å²) in [6.07, 6.45) is -2.09. The molecule has 0 fully saturated rings. The molecule has 0 radical (unpaired) electrons. The third-order valence-electron chi connectivity index (χ3n) is 1.99. The van der Waals surface area contributed by atoms with Gasteiger partial charge in [0.05, 0.1) is 13.7 Å². The van der Waals surface area contributed by atoms with Gasteiger partial charge in [-0.15, -0.1) is 0 Å². The molecule has 0 saturated carbocycles. The molecule has 0 heterocycles. The lowest BCUT2D eigenvalue weighted by atomic mass is 10.3. The van der Waals surface area contributed by atoms with Gasteiger partial charge in [-0.3, -0.25) is 0 Å². The monoisotopic (exact) mass is 241 g/mol. The fraction of sp³-hybridized carbons (Fsp3) is 0.364. The molecule has 1 unspecified atom stereocenters. The van der Waals surface area contributed by atoms with Gasteiger partial charge in [-0.25, -0.2) is 4.79 Å². The number of carbonyl (C=O) groups is 1. The molecule has 17 heavy (non-hydrogen) atoms. The van der Waals surface area contributed by atoms with Crippen LogP contribution in [0.2, 0.25) is 0 Å². The van der Waals surface area contributed by atoms with Crippen LogP contribution in [0.4, 0.5) is 4.79 Å². The second-order valence-electron chi connectivity index (χ2n) is 3.30. The van der Waals surface area contributed by atoms with Crippen LogP contribution in [0.3, 0.4) is 0 Å². The Kier molecular flexibility index (Phi) is 5.09. The predicted octanol–water partition coefficient (Wildman–Crippen LogP) is 0.703. The van der Waals surface area contributed by atoms with Gasteiger partial charge >= 0.3 is 6.09 Å². The zero-order valence-corrected chi connectivity index (χ0v) is 9.42. The van der Waals surface area contributed by atoms with E-state index in [1.165, 1.54) is 7.11 Å². The van der Waals surface area contributed by atoms with Crippen molar-refractivity contribution in [2.75, 3.05) is 20.3 Å². The molecule has 0 saturated heterocycles. The highest BCUT2D eigenvalue weighted by Gasteiger charge is 2.09. The number of methoxy groups -OCH3 is 1. The van der Waals surface area contributed by atoms with Gasteiger partial charge in [-0.1, -0.05) is 12.1 Å². The lowest BCUT2D eigenvalue weighted by Crippen LogP contribution is -2.34. The molecular weight excluding hydrogens is 226 g/mol. The molecule has 1 rings (SSSR count). The van der Waals surface area contributed by atoms with Crippen LogP contribution in [-0.2, 0) is 0 Å². The van der Waals surface area contributed by atoms with Crippen molar-refractivity contribution in [3.8, 4) is 11.5 Å². The first kappa shape index (κ1) is 13.1. The maximum Gasteiger partial charge on any atom is 0.404 e. The first-order chi connectivity index (χ1) is 8.13. The number of carboxylic acid groups (broad SMARTS) is 1. The van der Waals surface area contributed by atoms with Crippen LogP contribution >= 0.6 is 0 Å². The molecule has 0 bridgehead atoms. The van der Waals surface area contributed by atoms with Gasteiger partial charge in [0.2, 0.25) is 0 Å². The average Bonchev–Trinajstić information content (AvgIpc) is 2.34. The summed E-state index contributed by atoms with van der Waals surface area (Å²) < 4.78 is 10.4. The Morgan fingerprint density at radius 2 is 2.06 bits per heavy atom. The number of para-hydroxylation sites is 2. The number of hydrogen-bond acceptors (Lipinski definition) is 4. The van der Waals surface area contributed by atoms with Gasteiger partial charge in [-0.05, 0) is 12.1 Å². The molecule has 0 spiro atoms. The normalized spacial score (nSPS) is 11.6. The summed E-state index contributed by atoms with van der Waals surface area (Å²) in [5.74, 6) is 1.07. The van der Waals surface area contributed by atoms with Crippen LogP contribution in [0.5, 0.6) is 11.5 Å². The number of rotatable bonds is 6. The molecular formula is C11H15NO5. The number of benzene rings is 1. The number of hydrogen-bond donors (Lipinski definition) is 3. The van der Waals surface area contributed by atoms with Crippen LogP contribution in [0, 0.1) is 0 Å². The fourth-order valence-electron chi connectivity index (χ4n) is 1.19. The number of aliphatic hydroxyl groups excluding tert-OH is 1. The first-order valence-corrected chi connectivity index (χ1v) is 5.04. The van der Waals surface area contributed by atoms with E-state index in [0.717, 1.165) is 0 Å². The Balaban J connectivity index is 2.41. The lowest BCUT2D eigenvalue weighted by Gasteiger charge is -2.14. The molecule has 0 aliphatic rings. The minimum Gasteiger partial charge on any atom is -0.493 e. The van der Waals surface area contributed by atoms with Gasteiger partial charge in [0.1, 0.15) is 12.7 Å². The van der Waals surface area contributed by atoms with Crippen molar-refractivity contribution in [1.29, 1.82) is 0 Å². The highest BCUT2D eigenvalue weighted by molar-refractivity contribution is 5.64. The number of nitrogens with one attached hydrogen (secondary N) is 1. The first-order valence-electron chi connectivity index (χ1n) is 5.04. The standard InChI is InChI=1S/C11H15NO5/c1-16-9-4-2-3-5-10(9)17-7-8(13)6-12-11(14)15/h2-5,8,12-13H,6-7H2,1H3,(H,14,15). The maximum atomic E-state index is 10.2. The Morgan fingerprint density at radius 3 is 2.65 bits per heavy atom. The largest absolute Gasteiger partial charge is 0.493 e. The fourth-order valence-corrected chi connectivity index (χ4v) is 1.19. The SMILES string of the molecule is COc1ccccc1OCC(O)CNC(=O)O. The molecule has 1 aromatic rings. The molecule has 6 nitrogen and oxygen atoms in total. The lowest BCUT2D eigenvalue weighted by molar-refractivity contribution is 0.103. The Labute approximate surface area is 98.8 Å². The molecule has 6 heteroatoms. The topological polar surface area (TPSA) is 88.0 Å². The van der Waals surface area contributed by atoms with Crippen LogP contribution in [-0.4, -0.2) is 42.7 Å². The summed E-state index contributed by atoms with van der Waals surface area (Å²) in [5, 5.41) is 19.8. The van der Waals surface area contributed by atoms with Gasteiger partial charge in [0, 0.05) is 0 Å². The van der Waals surface area contributed by atoms with E-state index in [-0.39, 0.29) is 13.2 Å². The van der Waals surface area contributed by atoms with Crippen LogP contribution in [0.15, 0.2) is 24.3 Å². The zero-order valence-electron chi connectivity index (χ0n) is 9.42. The van der Waals surface area contributed by atoms with Gasteiger partial charge in [-0.2, -0.15) is 0 Å². The minimum absolute atomic E-state index is 0.0132. The maximum absolute atomic E-state index is 10.2. The number of ether oxygens (including phenoxy) is 2. The second-order valence-corrected chi connectivity index (χ2v) is 3.30. The Morgan fingerprint density at radius 1 is 1.41 bits per heavy atom. The molecule has 0 aliphatic carbocycles. The summed E-state index contributed by atoms with van der Waals surface area (Å²) in [6, 6.07) is 7.02. The quantitative estimate of drug-likeness (QED) is 0.682. The summed E-state index contributed by atoms with van der Waals surface area (Å²) in [4.78, 5) is 10.2. The van der Waals surface area contributed by atoms with Gasteiger partial charge < -0.3 is 25.0 Å². The molecule has 0 aromatic heterocycles. The van der Waals surface area contributed by atoms with Crippen molar-refractivity contribution in [2.45, 2.75) is 6.10 Å². The van der Waals surface area contributed by atoms with E-state index in [1.807, 2.05) is 0 Å². The van der Waals surface area contributed by atoms with E-state index < -0.39 is 12.2 Å². The van der Waals surface area contributed by atoms with E-state index in [9.17, 15) is 9.90 Å².